The molecule has 4 heterocycles. The van der Waals surface area contributed by atoms with Crippen LogP contribution in [-0.2, 0) is 0 Å². The first-order valence-corrected chi connectivity index (χ1v) is 22.2. The molecule has 0 N–H and O–H groups in total. The van der Waals surface area contributed by atoms with Crippen LogP contribution in [0.1, 0.15) is 0 Å². The minimum atomic E-state index is 0.00923. The molecule has 0 unspecified atom stereocenters. The molecule has 0 fully saturated rings. The summed E-state index contributed by atoms with van der Waals surface area (Å²) in [6.07, 6.45) is 0. The molecule has 0 aliphatic carbocycles. The maximum atomic E-state index is 14.5. The van der Waals surface area contributed by atoms with Crippen molar-refractivity contribution in [3.8, 4) is 44.8 Å². The van der Waals surface area contributed by atoms with E-state index < -0.39 is 0 Å². The second kappa shape index (κ2) is 13.6. The molecule has 65 heavy (non-hydrogen) atoms. The van der Waals surface area contributed by atoms with Crippen molar-refractivity contribution in [1.29, 1.82) is 0 Å². The molecule has 4 aromatic heterocycles. The van der Waals surface area contributed by atoms with Gasteiger partial charge in [0, 0.05) is 54.5 Å². The van der Waals surface area contributed by atoms with Crippen LogP contribution in [0.2, 0.25) is 0 Å². The molecule has 0 aliphatic rings. The predicted molar refractivity (Wildman–Crippen MR) is 272 cm³/mol. The number of nitrogens with zero attached hydrogens (tertiary/aromatic N) is 3. The largest absolute Gasteiger partial charge is 0.309 e. The van der Waals surface area contributed by atoms with Gasteiger partial charge in [-0.1, -0.05) is 133 Å². The number of para-hydroxylation sites is 4. The van der Waals surface area contributed by atoms with E-state index in [1.54, 1.807) is 0 Å². The fourth-order valence-corrected chi connectivity index (χ4v) is 10.8. The molecule has 0 saturated heterocycles. The zero-order valence-electron chi connectivity index (χ0n) is 35.1. The molecule has 4 nitrogen and oxygen atoms in total. The van der Waals surface area contributed by atoms with Crippen LogP contribution >= 0.6 is 0 Å². The lowest BCUT2D eigenvalue weighted by Crippen LogP contribution is -2.13. The lowest BCUT2D eigenvalue weighted by Gasteiger charge is -2.13. The Morgan fingerprint density at radius 2 is 0.677 bits per heavy atom. The molecule has 0 saturated carbocycles. The average Bonchev–Trinajstić information content (AvgIpc) is 4.01. The van der Waals surface area contributed by atoms with Gasteiger partial charge in [0.15, 0.2) is 0 Å². The van der Waals surface area contributed by atoms with E-state index in [1.807, 2.05) is 16.5 Å². The van der Waals surface area contributed by atoms with Crippen molar-refractivity contribution in [2.75, 3.05) is 0 Å². The van der Waals surface area contributed by atoms with Crippen molar-refractivity contribution >= 4 is 81.6 Å². The normalized spacial score (nSPS) is 12.1. The number of fused-ring (bicyclic) bond motifs is 11. The highest BCUT2D eigenvalue weighted by molar-refractivity contribution is 6.22. The van der Waals surface area contributed by atoms with Gasteiger partial charge in [-0.25, -0.2) is 0 Å². The van der Waals surface area contributed by atoms with Gasteiger partial charge < -0.3 is 9.13 Å². The van der Waals surface area contributed by atoms with Gasteiger partial charge >= 0.3 is 0 Å². The third-order valence-corrected chi connectivity index (χ3v) is 13.7. The maximum Gasteiger partial charge on any atom is 0.263 e. The van der Waals surface area contributed by atoms with Crippen LogP contribution in [0.4, 0.5) is 0 Å². The fraction of sp³-hybridized carbons (Fsp3) is 0. The lowest BCUT2D eigenvalue weighted by atomic mass is 9.95. The molecule has 0 spiro atoms. The Morgan fingerprint density at radius 1 is 0.246 bits per heavy atom. The van der Waals surface area contributed by atoms with Gasteiger partial charge in [0.05, 0.1) is 33.1 Å². The van der Waals surface area contributed by atoms with Crippen LogP contribution in [0.15, 0.2) is 229 Å². The third kappa shape index (κ3) is 5.22. The molecule has 14 aromatic rings. The van der Waals surface area contributed by atoms with Crippen LogP contribution in [0.25, 0.3) is 126 Å². The number of hydrogen-bond acceptors (Lipinski definition) is 1. The SMILES string of the molecule is O=c1c2ccc(-c3cccc(-n4c5ccccc5c5cc(-c6ccc7c(c6)c6ccccc6n7-c6ccccc6)ccc54)c3)cc2c2cc(-c3ccccc3)cc3c4ccccc4n1c23. The Hall–Kier alpha value is -8.73. The van der Waals surface area contributed by atoms with E-state index in [0.717, 1.165) is 77.2 Å². The van der Waals surface area contributed by atoms with Crippen LogP contribution in [0.3, 0.4) is 0 Å². The number of pyridine rings is 1. The molecule has 0 radical (unpaired) electrons. The van der Waals surface area contributed by atoms with Gasteiger partial charge in [0.25, 0.3) is 5.56 Å². The summed E-state index contributed by atoms with van der Waals surface area (Å²) >= 11 is 0. The second-order valence-electron chi connectivity index (χ2n) is 17.3. The van der Waals surface area contributed by atoms with Crippen molar-refractivity contribution in [3.05, 3.63) is 235 Å². The topological polar surface area (TPSA) is 31.3 Å². The molecule has 302 valence electrons. The van der Waals surface area contributed by atoms with Gasteiger partial charge in [0.1, 0.15) is 0 Å². The van der Waals surface area contributed by atoms with Crippen molar-refractivity contribution in [2.45, 2.75) is 0 Å². The zero-order valence-corrected chi connectivity index (χ0v) is 35.1. The van der Waals surface area contributed by atoms with E-state index >= 15 is 0 Å². The van der Waals surface area contributed by atoms with Crippen LogP contribution in [-0.4, -0.2) is 13.5 Å². The van der Waals surface area contributed by atoms with Gasteiger partial charge in [-0.15, -0.1) is 0 Å². The van der Waals surface area contributed by atoms with E-state index in [2.05, 4.69) is 221 Å². The van der Waals surface area contributed by atoms with E-state index in [1.165, 1.54) is 43.7 Å². The van der Waals surface area contributed by atoms with Crippen LogP contribution in [0.5, 0.6) is 0 Å². The first-order chi connectivity index (χ1) is 32.2. The van der Waals surface area contributed by atoms with Crippen molar-refractivity contribution in [2.24, 2.45) is 0 Å². The van der Waals surface area contributed by atoms with E-state index in [4.69, 9.17) is 0 Å². The summed E-state index contributed by atoms with van der Waals surface area (Å²) in [5, 5.41) is 9.83. The number of rotatable bonds is 5. The molecule has 0 aliphatic heterocycles. The zero-order chi connectivity index (χ0) is 42.8. The van der Waals surface area contributed by atoms with Crippen molar-refractivity contribution < 1.29 is 0 Å². The molecule has 0 amide bonds. The summed E-state index contributed by atoms with van der Waals surface area (Å²) in [5.41, 5.74) is 15.7. The highest BCUT2D eigenvalue weighted by Crippen LogP contribution is 2.41. The predicted octanol–water partition coefficient (Wildman–Crippen LogP) is 15.4. The number of aromatic nitrogens is 3. The summed E-state index contributed by atoms with van der Waals surface area (Å²) in [7, 11) is 0. The van der Waals surface area contributed by atoms with E-state index in [-0.39, 0.29) is 5.56 Å². The third-order valence-electron chi connectivity index (χ3n) is 13.7. The Kier molecular flexibility index (Phi) is 7.51. The van der Waals surface area contributed by atoms with Gasteiger partial charge in [-0.2, -0.15) is 0 Å². The summed E-state index contributed by atoms with van der Waals surface area (Å²) in [4.78, 5) is 14.5. The Balaban J connectivity index is 0.920. The average molecular weight is 828 g/mol. The minimum absolute atomic E-state index is 0.00923. The Labute approximate surface area is 373 Å². The first-order valence-electron chi connectivity index (χ1n) is 22.2. The monoisotopic (exact) mass is 827 g/mol. The first kappa shape index (κ1) is 35.8. The van der Waals surface area contributed by atoms with Crippen LogP contribution in [0, 0.1) is 0 Å². The van der Waals surface area contributed by atoms with E-state index in [9.17, 15) is 4.79 Å². The quantitative estimate of drug-likeness (QED) is 0.159. The second-order valence-corrected chi connectivity index (χ2v) is 17.3. The maximum absolute atomic E-state index is 14.5. The highest BCUT2D eigenvalue weighted by Gasteiger charge is 2.20. The number of benzene rings is 10. The molecule has 14 rings (SSSR count). The van der Waals surface area contributed by atoms with Crippen molar-refractivity contribution in [3.63, 3.8) is 0 Å². The minimum Gasteiger partial charge on any atom is -0.309 e. The van der Waals surface area contributed by atoms with Crippen LogP contribution < -0.4 is 5.56 Å². The Morgan fingerprint density at radius 3 is 1.32 bits per heavy atom. The van der Waals surface area contributed by atoms with Gasteiger partial charge in [-0.3, -0.25) is 9.20 Å². The summed E-state index contributed by atoms with van der Waals surface area (Å²) in [6.45, 7) is 0. The summed E-state index contributed by atoms with van der Waals surface area (Å²) < 4.78 is 6.68. The lowest BCUT2D eigenvalue weighted by molar-refractivity contribution is 1.18. The standard InChI is InChI=1S/C61H37N3O/c65-61-49-29-26-40(33-50(49)54-37-43(38-14-3-1-4-15-38)36-53-48-22-9-12-25-57(48)64(61)60(53)54)39-16-13-19-45(32-39)63-56-24-11-8-21-47(56)52-35-42(28-31-59(52)63)41-27-30-58-51(34-41)46-20-7-10-23-55(46)62(58)44-17-5-2-6-18-44/h1-37H. The molecule has 0 bridgehead atoms. The Bertz CT molecular complexity index is 4310. The molecular weight excluding hydrogens is 791 g/mol. The summed E-state index contributed by atoms with van der Waals surface area (Å²) in [5.74, 6) is 0. The molecule has 4 heteroatoms. The number of hydrogen-bond donors (Lipinski definition) is 0. The highest BCUT2D eigenvalue weighted by atomic mass is 16.1. The smallest absolute Gasteiger partial charge is 0.263 e. The molecule has 10 aromatic carbocycles. The van der Waals surface area contributed by atoms with Gasteiger partial charge in [-0.05, 0) is 130 Å². The van der Waals surface area contributed by atoms with E-state index in [0.29, 0.717) is 5.39 Å². The molecule has 0 atom stereocenters. The summed E-state index contributed by atoms with van der Waals surface area (Å²) in [6, 6.07) is 80.4. The van der Waals surface area contributed by atoms with Gasteiger partial charge in [0.2, 0.25) is 0 Å². The van der Waals surface area contributed by atoms with Crippen molar-refractivity contribution in [1.82, 2.24) is 13.5 Å². The fourth-order valence-electron chi connectivity index (χ4n) is 10.8. The molecular formula is C61H37N3O.